The highest BCUT2D eigenvalue weighted by molar-refractivity contribution is 7.82. The Morgan fingerprint density at radius 2 is 1.85 bits per heavy atom. The highest BCUT2D eigenvalue weighted by atomic mass is 32.2. The Morgan fingerprint density at radius 1 is 1.31 bits per heavy atom. The number of rotatable bonds is 2. The van der Waals surface area contributed by atoms with Gasteiger partial charge in [0.1, 0.15) is 5.54 Å². The van der Waals surface area contributed by atoms with Crippen LogP contribution in [0, 0.1) is 11.3 Å². The second-order valence-corrected chi connectivity index (χ2v) is 4.78. The van der Waals surface area contributed by atoms with Gasteiger partial charge in [0.2, 0.25) is 0 Å². The molecule has 0 heterocycles. The van der Waals surface area contributed by atoms with Crippen LogP contribution < -0.4 is 4.72 Å². The first-order valence-electron chi connectivity index (χ1n) is 4.71. The van der Waals surface area contributed by atoms with Gasteiger partial charge >= 0.3 is 0 Å². The average molecular weight is 200 g/mol. The zero-order valence-corrected chi connectivity index (χ0v) is 8.82. The van der Waals surface area contributed by atoms with Gasteiger partial charge in [-0.05, 0) is 12.8 Å². The van der Waals surface area contributed by atoms with Crippen LogP contribution in [0.4, 0.5) is 0 Å². The molecule has 0 aromatic carbocycles. The van der Waals surface area contributed by atoms with Crippen molar-refractivity contribution in [2.45, 2.75) is 44.1 Å². The van der Waals surface area contributed by atoms with Gasteiger partial charge in [-0.2, -0.15) is 5.26 Å². The molecule has 1 atom stereocenters. The minimum Gasteiger partial charge on any atom is -0.243 e. The molecule has 1 fully saturated rings. The van der Waals surface area contributed by atoms with Gasteiger partial charge in [-0.1, -0.05) is 25.7 Å². The summed E-state index contributed by atoms with van der Waals surface area (Å²) in [6.45, 7) is 0. The summed E-state index contributed by atoms with van der Waals surface area (Å²) in [6.07, 6.45) is 7.79. The molecular formula is C9H16N2OS. The summed E-state index contributed by atoms with van der Waals surface area (Å²) in [4.78, 5) is 0. The van der Waals surface area contributed by atoms with Crippen LogP contribution in [0.15, 0.2) is 0 Å². The molecule has 1 rings (SSSR count). The Labute approximate surface area is 82.1 Å². The molecule has 0 aromatic rings. The maximum absolute atomic E-state index is 11.0. The summed E-state index contributed by atoms with van der Waals surface area (Å²) in [7, 11) is -1.08. The molecule has 0 aromatic heterocycles. The van der Waals surface area contributed by atoms with Gasteiger partial charge in [0.05, 0.1) is 17.1 Å². The molecule has 1 unspecified atom stereocenters. The van der Waals surface area contributed by atoms with Crippen LogP contribution in [-0.4, -0.2) is 16.0 Å². The summed E-state index contributed by atoms with van der Waals surface area (Å²) in [5, 5.41) is 9.07. The summed E-state index contributed by atoms with van der Waals surface area (Å²) in [5.41, 5.74) is -0.518. The molecule has 1 N–H and O–H groups in total. The van der Waals surface area contributed by atoms with Crippen molar-refractivity contribution < 1.29 is 4.21 Å². The van der Waals surface area contributed by atoms with E-state index in [2.05, 4.69) is 10.8 Å². The first-order chi connectivity index (χ1) is 6.18. The molecule has 1 aliphatic carbocycles. The number of nitriles is 1. The summed E-state index contributed by atoms with van der Waals surface area (Å²) in [5.74, 6) is 0. The van der Waals surface area contributed by atoms with Crippen molar-refractivity contribution >= 4 is 11.0 Å². The first-order valence-corrected chi connectivity index (χ1v) is 6.27. The van der Waals surface area contributed by atoms with E-state index in [0.29, 0.717) is 0 Å². The van der Waals surface area contributed by atoms with Crippen LogP contribution >= 0.6 is 0 Å². The minimum absolute atomic E-state index is 0.518. The van der Waals surface area contributed by atoms with Crippen LogP contribution in [-0.2, 0) is 11.0 Å². The van der Waals surface area contributed by atoms with E-state index in [1.54, 1.807) is 6.26 Å². The maximum atomic E-state index is 11.0. The molecule has 0 aliphatic heterocycles. The molecule has 1 aliphatic rings. The van der Waals surface area contributed by atoms with Crippen LogP contribution in [0.2, 0.25) is 0 Å². The number of hydrogen-bond acceptors (Lipinski definition) is 2. The van der Waals surface area contributed by atoms with E-state index in [1.807, 2.05) is 0 Å². The predicted octanol–water partition coefficient (Wildman–Crippen LogP) is 1.49. The molecule has 0 spiro atoms. The lowest BCUT2D eigenvalue weighted by molar-refractivity contribution is 0.435. The molecule has 0 bridgehead atoms. The summed E-state index contributed by atoms with van der Waals surface area (Å²) in [6, 6.07) is 2.28. The van der Waals surface area contributed by atoms with Crippen LogP contribution in [0.5, 0.6) is 0 Å². The van der Waals surface area contributed by atoms with E-state index in [4.69, 9.17) is 5.26 Å². The van der Waals surface area contributed by atoms with E-state index >= 15 is 0 Å². The maximum Gasteiger partial charge on any atom is 0.117 e. The van der Waals surface area contributed by atoms with E-state index in [-0.39, 0.29) is 0 Å². The van der Waals surface area contributed by atoms with E-state index in [1.165, 1.54) is 12.8 Å². The van der Waals surface area contributed by atoms with Crippen molar-refractivity contribution in [3.8, 4) is 6.07 Å². The van der Waals surface area contributed by atoms with Crippen LogP contribution in [0.3, 0.4) is 0 Å². The summed E-state index contributed by atoms with van der Waals surface area (Å²) >= 11 is 0. The third-order valence-corrected chi connectivity index (χ3v) is 3.19. The van der Waals surface area contributed by atoms with Crippen molar-refractivity contribution in [3.63, 3.8) is 0 Å². The topological polar surface area (TPSA) is 52.9 Å². The zero-order valence-electron chi connectivity index (χ0n) is 8.01. The van der Waals surface area contributed by atoms with Crippen LogP contribution in [0.1, 0.15) is 38.5 Å². The molecule has 0 radical (unpaired) electrons. The van der Waals surface area contributed by atoms with Gasteiger partial charge in [0.25, 0.3) is 0 Å². The highest BCUT2D eigenvalue weighted by Gasteiger charge is 2.31. The number of nitrogens with zero attached hydrogens (tertiary/aromatic N) is 1. The van der Waals surface area contributed by atoms with Crippen molar-refractivity contribution in [2.75, 3.05) is 6.26 Å². The van der Waals surface area contributed by atoms with Gasteiger partial charge in [-0.25, -0.2) is 8.93 Å². The van der Waals surface area contributed by atoms with Gasteiger partial charge in [-0.15, -0.1) is 0 Å². The van der Waals surface area contributed by atoms with Gasteiger partial charge in [-0.3, -0.25) is 0 Å². The Kier molecular flexibility index (Phi) is 3.89. The normalized spacial score (nSPS) is 24.3. The molecule has 0 saturated heterocycles. The monoisotopic (exact) mass is 200 g/mol. The fourth-order valence-corrected chi connectivity index (χ4v) is 2.64. The Morgan fingerprint density at radius 3 is 2.23 bits per heavy atom. The molecule has 74 valence electrons. The molecule has 0 amide bonds. The van der Waals surface area contributed by atoms with E-state index < -0.39 is 16.5 Å². The fourth-order valence-electron chi connectivity index (χ4n) is 1.84. The van der Waals surface area contributed by atoms with Crippen molar-refractivity contribution in [1.29, 1.82) is 5.26 Å². The SMILES string of the molecule is CS(=O)NC1(C#N)CCCCCC1. The molecule has 13 heavy (non-hydrogen) atoms. The quantitative estimate of drug-likeness (QED) is 0.686. The number of hydrogen-bond donors (Lipinski definition) is 1. The Bertz CT molecular complexity index is 226. The largest absolute Gasteiger partial charge is 0.243 e. The smallest absolute Gasteiger partial charge is 0.117 e. The second kappa shape index (κ2) is 4.73. The molecular weight excluding hydrogens is 184 g/mol. The zero-order chi connectivity index (χ0) is 9.73. The van der Waals surface area contributed by atoms with Gasteiger partial charge < -0.3 is 0 Å². The van der Waals surface area contributed by atoms with Crippen molar-refractivity contribution in [3.05, 3.63) is 0 Å². The highest BCUT2D eigenvalue weighted by Crippen LogP contribution is 2.26. The Hall–Kier alpha value is -0.400. The van der Waals surface area contributed by atoms with E-state index in [9.17, 15) is 4.21 Å². The fraction of sp³-hybridized carbons (Fsp3) is 0.889. The van der Waals surface area contributed by atoms with Crippen molar-refractivity contribution in [1.82, 2.24) is 4.72 Å². The lowest BCUT2D eigenvalue weighted by Crippen LogP contribution is -2.44. The molecule has 1 saturated carbocycles. The number of nitrogens with one attached hydrogen (secondary N) is 1. The summed E-state index contributed by atoms with van der Waals surface area (Å²) < 4.78 is 13.9. The van der Waals surface area contributed by atoms with E-state index in [0.717, 1.165) is 25.7 Å². The molecule has 4 heteroatoms. The standard InChI is InChI=1S/C9H16N2OS/c1-13(12)11-9(8-10)6-4-2-3-5-7-9/h11H,2-7H2,1H3. The Balaban J connectivity index is 2.66. The lowest BCUT2D eigenvalue weighted by Gasteiger charge is -2.24. The van der Waals surface area contributed by atoms with Gasteiger partial charge in [0.15, 0.2) is 0 Å². The van der Waals surface area contributed by atoms with Crippen molar-refractivity contribution in [2.24, 2.45) is 0 Å². The second-order valence-electron chi connectivity index (χ2n) is 3.66. The van der Waals surface area contributed by atoms with Gasteiger partial charge in [0, 0.05) is 6.26 Å². The third kappa shape index (κ3) is 3.09. The predicted molar refractivity (Wildman–Crippen MR) is 53.2 cm³/mol. The van der Waals surface area contributed by atoms with Crippen LogP contribution in [0.25, 0.3) is 0 Å². The third-order valence-electron chi connectivity index (χ3n) is 2.51. The molecule has 3 nitrogen and oxygen atoms in total. The lowest BCUT2D eigenvalue weighted by atomic mass is 9.94. The first kappa shape index (κ1) is 10.7. The minimum atomic E-state index is -1.08. The average Bonchev–Trinajstić information content (AvgIpc) is 2.30.